The van der Waals surface area contributed by atoms with E-state index in [1.807, 2.05) is 18.2 Å². The van der Waals surface area contributed by atoms with Crippen LogP contribution in [0.15, 0.2) is 54.6 Å². The Hall–Kier alpha value is -3.15. The number of amides is 1. The number of esters is 1. The molecule has 1 N–H and O–H groups in total. The molecule has 0 saturated heterocycles. The molecule has 1 amide bonds. The third-order valence-electron chi connectivity index (χ3n) is 5.07. The molecule has 158 valence electrons. The van der Waals surface area contributed by atoms with Crippen LogP contribution >= 0.6 is 0 Å². The second kappa shape index (κ2) is 8.30. The maximum absolute atomic E-state index is 13.7. The minimum absolute atomic E-state index is 0.0543. The summed E-state index contributed by atoms with van der Waals surface area (Å²) in [6.45, 7) is 7.23. The highest BCUT2D eigenvalue weighted by atomic mass is 16.6. The number of hydrogen-bond acceptors (Lipinski definition) is 5. The molecule has 0 fully saturated rings. The number of benzene rings is 2. The van der Waals surface area contributed by atoms with E-state index in [0.29, 0.717) is 16.7 Å². The molecule has 0 spiro atoms. The van der Waals surface area contributed by atoms with Gasteiger partial charge in [0.1, 0.15) is 11.1 Å². The van der Waals surface area contributed by atoms with E-state index >= 15 is 0 Å². The average molecular weight is 409 g/mol. The lowest BCUT2D eigenvalue weighted by molar-refractivity contribution is -0.143. The number of hydrogen-bond donors (Lipinski definition) is 1. The molecule has 0 bridgehead atoms. The molecule has 1 aliphatic carbocycles. The van der Waals surface area contributed by atoms with Gasteiger partial charge in [-0.15, -0.1) is 0 Å². The molecule has 0 radical (unpaired) electrons. The summed E-state index contributed by atoms with van der Waals surface area (Å²) in [6.07, 6.45) is -0.775. The van der Waals surface area contributed by atoms with Crippen molar-refractivity contribution in [2.24, 2.45) is 0 Å². The summed E-state index contributed by atoms with van der Waals surface area (Å²) >= 11 is 0. The van der Waals surface area contributed by atoms with E-state index in [9.17, 15) is 14.4 Å². The summed E-state index contributed by atoms with van der Waals surface area (Å²) in [5.74, 6) is -1.34. The maximum atomic E-state index is 13.7. The Labute approximate surface area is 176 Å². The molecule has 0 aliphatic heterocycles. The predicted octanol–water partition coefficient (Wildman–Crippen LogP) is 4.34. The highest BCUT2D eigenvalue weighted by molar-refractivity contribution is 6.11. The number of Topliss-reactive ketones (excluding diaryl/α,β-unsaturated/α-hetero) is 1. The first-order chi connectivity index (χ1) is 14.2. The lowest BCUT2D eigenvalue weighted by Crippen LogP contribution is -2.54. The molecule has 6 heteroatoms. The Kier molecular flexibility index (Phi) is 5.97. The molecule has 2 aromatic carbocycles. The van der Waals surface area contributed by atoms with Crippen LogP contribution in [0, 0.1) is 0 Å². The van der Waals surface area contributed by atoms with Crippen LogP contribution < -0.4 is 5.32 Å². The van der Waals surface area contributed by atoms with Crippen molar-refractivity contribution < 1.29 is 23.9 Å². The van der Waals surface area contributed by atoms with E-state index in [1.54, 1.807) is 64.1 Å². The van der Waals surface area contributed by atoms with Crippen LogP contribution in [-0.2, 0) is 19.8 Å². The largest absolute Gasteiger partial charge is 0.466 e. The summed E-state index contributed by atoms with van der Waals surface area (Å²) < 4.78 is 10.7. The van der Waals surface area contributed by atoms with Crippen LogP contribution in [0.1, 0.15) is 61.5 Å². The van der Waals surface area contributed by atoms with Crippen molar-refractivity contribution in [2.75, 3.05) is 6.61 Å². The van der Waals surface area contributed by atoms with Gasteiger partial charge in [-0.05, 0) is 38.8 Å². The van der Waals surface area contributed by atoms with Gasteiger partial charge in [0.2, 0.25) is 0 Å². The van der Waals surface area contributed by atoms with Crippen molar-refractivity contribution in [2.45, 2.75) is 51.2 Å². The van der Waals surface area contributed by atoms with E-state index in [4.69, 9.17) is 9.47 Å². The molecule has 0 unspecified atom stereocenters. The van der Waals surface area contributed by atoms with Crippen LogP contribution in [0.5, 0.6) is 0 Å². The quantitative estimate of drug-likeness (QED) is 0.743. The van der Waals surface area contributed by atoms with Crippen molar-refractivity contribution >= 4 is 17.8 Å². The van der Waals surface area contributed by atoms with Crippen molar-refractivity contribution in [3.8, 4) is 0 Å². The molecule has 30 heavy (non-hydrogen) atoms. The highest BCUT2D eigenvalue weighted by Gasteiger charge is 2.56. The number of alkyl carbamates (subject to hydrolysis) is 1. The fraction of sp³-hybridized carbons (Fsp3) is 0.375. The summed E-state index contributed by atoms with van der Waals surface area (Å²) in [7, 11) is 0. The standard InChI is InChI=1S/C24H27NO5/c1-5-29-20(26)15-19-17-13-9-10-14-18(17)21(27)24(19,16-11-7-6-8-12-16)25-22(28)30-23(2,3)4/h6-14,19H,5,15H2,1-4H3,(H,25,28)/t19-,24-/m1/s1. The Bertz CT molecular complexity index is 948. The smallest absolute Gasteiger partial charge is 0.408 e. The fourth-order valence-corrected chi connectivity index (χ4v) is 3.98. The zero-order valence-corrected chi connectivity index (χ0v) is 17.7. The zero-order chi connectivity index (χ0) is 21.9. The first-order valence-corrected chi connectivity index (χ1v) is 10.0. The van der Waals surface area contributed by atoms with E-state index < -0.39 is 29.1 Å². The number of carbonyl (C=O) groups excluding carboxylic acids is 3. The first-order valence-electron chi connectivity index (χ1n) is 10.0. The van der Waals surface area contributed by atoms with E-state index in [2.05, 4.69) is 5.32 Å². The van der Waals surface area contributed by atoms with Gasteiger partial charge in [0.15, 0.2) is 5.78 Å². The molecule has 6 nitrogen and oxygen atoms in total. The molecule has 2 atom stereocenters. The monoisotopic (exact) mass is 409 g/mol. The predicted molar refractivity (Wildman–Crippen MR) is 112 cm³/mol. The second-order valence-electron chi connectivity index (χ2n) is 8.28. The van der Waals surface area contributed by atoms with Crippen LogP contribution in [0.2, 0.25) is 0 Å². The van der Waals surface area contributed by atoms with Crippen molar-refractivity contribution in [1.29, 1.82) is 0 Å². The second-order valence-corrected chi connectivity index (χ2v) is 8.28. The molecular weight excluding hydrogens is 382 g/mol. The molecule has 3 rings (SSSR count). The van der Waals surface area contributed by atoms with Gasteiger partial charge < -0.3 is 14.8 Å². The van der Waals surface area contributed by atoms with Gasteiger partial charge in [0, 0.05) is 11.5 Å². The summed E-state index contributed by atoms with van der Waals surface area (Å²) in [5.41, 5.74) is -0.443. The van der Waals surface area contributed by atoms with Crippen LogP contribution in [0.25, 0.3) is 0 Å². The Balaban J connectivity index is 2.16. The van der Waals surface area contributed by atoms with Gasteiger partial charge in [-0.1, -0.05) is 54.6 Å². The highest BCUT2D eigenvalue weighted by Crippen LogP contribution is 2.49. The molecule has 1 aliphatic rings. The number of fused-ring (bicyclic) bond motifs is 1. The molecule has 0 aromatic heterocycles. The first kappa shape index (κ1) is 21.6. The van der Waals surface area contributed by atoms with Crippen LogP contribution in [0.3, 0.4) is 0 Å². The number of ketones is 1. The Morgan fingerprint density at radius 2 is 1.67 bits per heavy atom. The van der Waals surface area contributed by atoms with E-state index in [1.165, 1.54) is 0 Å². The van der Waals surface area contributed by atoms with Crippen molar-refractivity contribution in [1.82, 2.24) is 5.32 Å². The minimum Gasteiger partial charge on any atom is -0.466 e. The average Bonchev–Trinajstić information content (AvgIpc) is 2.91. The van der Waals surface area contributed by atoms with Crippen LogP contribution in [-0.4, -0.2) is 30.1 Å². The summed E-state index contributed by atoms with van der Waals surface area (Å²) in [5, 5.41) is 2.84. The fourth-order valence-electron chi connectivity index (χ4n) is 3.98. The lowest BCUT2D eigenvalue weighted by atomic mass is 9.76. The maximum Gasteiger partial charge on any atom is 0.408 e. The SMILES string of the molecule is CCOC(=O)C[C@@H]1c2ccccc2C(=O)[C@@]1(NC(=O)OC(C)(C)C)c1ccccc1. The van der Waals surface area contributed by atoms with Gasteiger partial charge in [-0.25, -0.2) is 4.79 Å². The third-order valence-corrected chi connectivity index (χ3v) is 5.07. The zero-order valence-electron chi connectivity index (χ0n) is 17.7. The van der Waals surface area contributed by atoms with Crippen molar-refractivity contribution in [3.05, 3.63) is 71.3 Å². The Morgan fingerprint density at radius 3 is 2.30 bits per heavy atom. The summed E-state index contributed by atoms with van der Waals surface area (Å²) in [6, 6.07) is 16.1. The summed E-state index contributed by atoms with van der Waals surface area (Å²) in [4.78, 5) is 39.1. The van der Waals surface area contributed by atoms with E-state index in [0.717, 1.165) is 0 Å². The topological polar surface area (TPSA) is 81.7 Å². The molecule has 0 heterocycles. The van der Waals surface area contributed by atoms with Gasteiger partial charge in [-0.2, -0.15) is 0 Å². The molecule has 2 aromatic rings. The molecular formula is C24H27NO5. The Morgan fingerprint density at radius 1 is 1.03 bits per heavy atom. The number of carbonyl (C=O) groups is 3. The number of ether oxygens (including phenoxy) is 2. The van der Waals surface area contributed by atoms with Crippen LogP contribution in [0.4, 0.5) is 4.79 Å². The lowest BCUT2D eigenvalue weighted by Gasteiger charge is -2.36. The molecule has 0 saturated carbocycles. The van der Waals surface area contributed by atoms with Gasteiger partial charge >= 0.3 is 12.1 Å². The third kappa shape index (κ3) is 4.08. The van der Waals surface area contributed by atoms with Gasteiger partial charge in [-0.3, -0.25) is 9.59 Å². The van der Waals surface area contributed by atoms with Gasteiger partial charge in [0.25, 0.3) is 0 Å². The van der Waals surface area contributed by atoms with E-state index in [-0.39, 0.29) is 18.8 Å². The number of nitrogens with one attached hydrogen (secondary N) is 1. The number of rotatable bonds is 5. The minimum atomic E-state index is -1.47. The normalized spacial score (nSPS) is 20.4. The van der Waals surface area contributed by atoms with Crippen molar-refractivity contribution in [3.63, 3.8) is 0 Å². The van der Waals surface area contributed by atoms with Gasteiger partial charge in [0.05, 0.1) is 13.0 Å².